The van der Waals surface area contributed by atoms with Crippen molar-refractivity contribution < 1.29 is 0 Å². The van der Waals surface area contributed by atoms with E-state index in [0.29, 0.717) is 5.41 Å². The van der Waals surface area contributed by atoms with Crippen LogP contribution in [-0.2, 0) is 0 Å². The summed E-state index contributed by atoms with van der Waals surface area (Å²) in [5.41, 5.74) is 0.560. The van der Waals surface area contributed by atoms with Gasteiger partial charge in [0.1, 0.15) is 0 Å². The Morgan fingerprint density at radius 1 is 1.19 bits per heavy atom. The zero-order chi connectivity index (χ0) is 11.4. The van der Waals surface area contributed by atoms with Crippen LogP contribution in [0, 0.1) is 5.41 Å². The lowest BCUT2D eigenvalue weighted by Crippen LogP contribution is -2.37. The van der Waals surface area contributed by atoms with Crippen molar-refractivity contribution in [3.05, 3.63) is 0 Å². The summed E-state index contributed by atoms with van der Waals surface area (Å²) >= 11 is 0. The van der Waals surface area contributed by atoms with Crippen LogP contribution in [0.3, 0.4) is 0 Å². The van der Waals surface area contributed by atoms with Crippen LogP contribution in [0.5, 0.6) is 0 Å². The first-order valence-electron chi connectivity index (χ1n) is 7.11. The van der Waals surface area contributed by atoms with E-state index in [0.717, 1.165) is 6.04 Å². The minimum absolute atomic E-state index is 0.560. The third-order valence-corrected chi connectivity index (χ3v) is 4.22. The van der Waals surface area contributed by atoms with Crippen LogP contribution < -0.4 is 5.32 Å². The van der Waals surface area contributed by atoms with E-state index in [1.165, 1.54) is 64.7 Å². The topological polar surface area (TPSA) is 15.3 Å². The summed E-state index contributed by atoms with van der Waals surface area (Å²) in [6, 6.07) is 0.823. The Morgan fingerprint density at radius 3 is 2.56 bits per heavy atom. The fraction of sp³-hybridized carbons (Fsp3) is 1.00. The van der Waals surface area contributed by atoms with Gasteiger partial charge in [-0.05, 0) is 31.2 Å². The molecular weight excluding hydrogens is 196 g/mol. The molecule has 2 nitrogen and oxygen atoms in total. The normalized spacial score (nSPS) is 27.4. The summed E-state index contributed by atoms with van der Waals surface area (Å²) in [5.74, 6) is 0. The Hall–Kier alpha value is -0.0800. The van der Waals surface area contributed by atoms with E-state index < -0.39 is 0 Å². The minimum Gasteiger partial charge on any atom is -0.313 e. The van der Waals surface area contributed by atoms with Gasteiger partial charge in [0.2, 0.25) is 0 Å². The molecule has 1 saturated carbocycles. The second-order valence-electron chi connectivity index (χ2n) is 6.48. The molecule has 1 saturated heterocycles. The molecule has 1 heterocycles. The van der Waals surface area contributed by atoms with Gasteiger partial charge < -0.3 is 10.2 Å². The molecule has 0 spiro atoms. The molecule has 1 aliphatic heterocycles. The number of nitrogens with one attached hydrogen (secondary N) is 1. The van der Waals surface area contributed by atoms with Crippen LogP contribution in [0.25, 0.3) is 0 Å². The molecule has 0 aromatic rings. The van der Waals surface area contributed by atoms with Gasteiger partial charge in [-0.25, -0.2) is 0 Å². The highest BCUT2D eigenvalue weighted by atomic mass is 15.2. The zero-order valence-electron chi connectivity index (χ0n) is 11.1. The molecule has 2 rings (SSSR count). The van der Waals surface area contributed by atoms with Crippen LogP contribution in [-0.4, -0.2) is 37.1 Å². The molecule has 94 valence electrons. The SMILES string of the molecule is CC1(C)CCN(CCNC2CCCCC2)C1. The van der Waals surface area contributed by atoms with Crippen molar-refractivity contribution in [3.8, 4) is 0 Å². The number of likely N-dealkylation sites (tertiary alicyclic amines) is 1. The molecule has 0 amide bonds. The minimum atomic E-state index is 0.560. The highest BCUT2D eigenvalue weighted by Gasteiger charge is 2.28. The number of rotatable bonds is 4. The van der Waals surface area contributed by atoms with E-state index in [1.807, 2.05) is 0 Å². The van der Waals surface area contributed by atoms with Gasteiger partial charge in [0.15, 0.2) is 0 Å². The monoisotopic (exact) mass is 224 g/mol. The van der Waals surface area contributed by atoms with Crippen molar-refractivity contribution >= 4 is 0 Å². The summed E-state index contributed by atoms with van der Waals surface area (Å²) in [4.78, 5) is 2.62. The van der Waals surface area contributed by atoms with Gasteiger partial charge in [0.25, 0.3) is 0 Å². The zero-order valence-corrected chi connectivity index (χ0v) is 11.1. The predicted molar refractivity (Wildman–Crippen MR) is 69.7 cm³/mol. The molecular formula is C14H28N2. The Kier molecular flexibility index (Phi) is 4.26. The molecule has 2 fully saturated rings. The lowest BCUT2D eigenvalue weighted by Gasteiger charge is -2.25. The van der Waals surface area contributed by atoms with Gasteiger partial charge in [-0.15, -0.1) is 0 Å². The lowest BCUT2D eigenvalue weighted by atomic mass is 9.93. The standard InChI is InChI=1S/C14H28N2/c1-14(2)8-10-16(12-14)11-9-15-13-6-4-3-5-7-13/h13,15H,3-12H2,1-2H3. The van der Waals surface area contributed by atoms with E-state index in [1.54, 1.807) is 0 Å². The Labute approximate surface area is 101 Å². The number of nitrogens with zero attached hydrogens (tertiary/aromatic N) is 1. The number of hydrogen-bond acceptors (Lipinski definition) is 2. The van der Waals surface area contributed by atoms with Crippen molar-refractivity contribution in [2.24, 2.45) is 5.41 Å². The largest absolute Gasteiger partial charge is 0.313 e. The Balaban J connectivity index is 1.58. The van der Waals surface area contributed by atoms with Crippen molar-refractivity contribution in [2.45, 2.75) is 58.4 Å². The van der Waals surface area contributed by atoms with Crippen LogP contribution in [0.15, 0.2) is 0 Å². The molecule has 0 atom stereocenters. The smallest absolute Gasteiger partial charge is 0.0107 e. The summed E-state index contributed by atoms with van der Waals surface area (Å²) in [6.07, 6.45) is 8.52. The highest BCUT2D eigenvalue weighted by molar-refractivity contribution is 4.83. The molecule has 0 bridgehead atoms. The summed E-state index contributed by atoms with van der Waals surface area (Å²) in [7, 11) is 0. The van der Waals surface area contributed by atoms with Crippen LogP contribution in [0.1, 0.15) is 52.4 Å². The average molecular weight is 224 g/mol. The third-order valence-electron chi connectivity index (χ3n) is 4.22. The quantitative estimate of drug-likeness (QED) is 0.790. The van der Waals surface area contributed by atoms with Crippen molar-refractivity contribution in [2.75, 3.05) is 26.2 Å². The first kappa shape index (κ1) is 12.4. The first-order valence-corrected chi connectivity index (χ1v) is 7.11. The van der Waals surface area contributed by atoms with E-state index in [-0.39, 0.29) is 0 Å². The van der Waals surface area contributed by atoms with E-state index in [9.17, 15) is 0 Å². The third kappa shape index (κ3) is 3.74. The van der Waals surface area contributed by atoms with Crippen molar-refractivity contribution in [3.63, 3.8) is 0 Å². The average Bonchev–Trinajstić information content (AvgIpc) is 2.60. The molecule has 1 N–H and O–H groups in total. The number of hydrogen-bond donors (Lipinski definition) is 1. The molecule has 2 heteroatoms. The molecule has 1 aliphatic carbocycles. The maximum absolute atomic E-state index is 3.73. The summed E-state index contributed by atoms with van der Waals surface area (Å²) in [6.45, 7) is 9.82. The molecule has 0 aromatic carbocycles. The van der Waals surface area contributed by atoms with Gasteiger partial charge in [-0.3, -0.25) is 0 Å². The molecule has 0 radical (unpaired) electrons. The van der Waals surface area contributed by atoms with Gasteiger partial charge in [0, 0.05) is 25.7 Å². The van der Waals surface area contributed by atoms with Gasteiger partial charge in [-0.2, -0.15) is 0 Å². The summed E-state index contributed by atoms with van der Waals surface area (Å²) in [5, 5.41) is 3.73. The molecule has 2 aliphatic rings. The van der Waals surface area contributed by atoms with Gasteiger partial charge in [0.05, 0.1) is 0 Å². The van der Waals surface area contributed by atoms with Gasteiger partial charge in [-0.1, -0.05) is 33.1 Å². The fourth-order valence-corrected chi connectivity index (χ4v) is 3.15. The van der Waals surface area contributed by atoms with E-state index >= 15 is 0 Å². The first-order chi connectivity index (χ1) is 7.66. The van der Waals surface area contributed by atoms with Crippen molar-refractivity contribution in [1.82, 2.24) is 10.2 Å². The second-order valence-corrected chi connectivity index (χ2v) is 6.48. The molecule has 0 unspecified atom stereocenters. The maximum atomic E-state index is 3.73. The Morgan fingerprint density at radius 2 is 1.94 bits per heavy atom. The van der Waals surface area contributed by atoms with Crippen molar-refractivity contribution in [1.29, 1.82) is 0 Å². The van der Waals surface area contributed by atoms with E-state index in [4.69, 9.17) is 0 Å². The second kappa shape index (κ2) is 5.50. The van der Waals surface area contributed by atoms with E-state index in [2.05, 4.69) is 24.1 Å². The van der Waals surface area contributed by atoms with Crippen LogP contribution in [0.2, 0.25) is 0 Å². The Bertz CT molecular complexity index is 207. The molecule has 0 aromatic heterocycles. The highest BCUT2D eigenvalue weighted by Crippen LogP contribution is 2.28. The predicted octanol–water partition coefficient (Wildman–Crippen LogP) is 2.64. The van der Waals surface area contributed by atoms with Gasteiger partial charge >= 0.3 is 0 Å². The maximum Gasteiger partial charge on any atom is 0.0107 e. The molecule has 16 heavy (non-hydrogen) atoms. The van der Waals surface area contributed by atoms with Crippen LogP contribution >= 0.6 is 0 Å². The fourth-order valence-electron chi connectivity index (χ4n) is 3.15. The van der Waals surface area contributed by atoms with Crippen LogP contribution in [0.4, 0.5) is 0 Å². The summed E-state index contributed by atoms with van der Waals surface area (Å²) < 4.78 is 0. The lowest BCUT2D eigenvalue weighted by molar-refractivity contribution is 0.277.